The van der Waals surface area contributed by atoms with Gasteiger partial charge in [0.2, 0.25) is 0 Å². The third kappa shape index (κ3) is 5.03. The number of aromatic nitrogens is 4. The van der Waals surface area contributed by atoms with Crippen molar-refractivity contribution >= 4 is 27.5 Å². The lowest BCUT2D eigenvalue weighted by Crippen LogP contribution is -2.29. The first-order chi connectivity index (χ1) is 19.4. The average Bonchev–Trinajstić information content (AvgIpc) is 3.50. The second kappa shape index (κ2) is 10.7. The summed E-state index contributed by atoms with van der Waals surface area (Å²) in [7, 11) is 0. The lowest BCUT2D eigenvalue weighted by Gasteiger charge is -2.24. The largest absolute Gasteiger partial charge is 0.494 e. The number of pyridine rings is 1. The summed E-state index contributed by atoms with van der Waals surface area (Å²) in [6.07, 6.45) is 4.68. The van der Waals surface area contributed by atoms with Crippen LogP contribution < -0.4 is 20.9 Å². The predicted molar refractivity (Wildman–Crippen MR) is 156 cm³/mol. The number of hydrogen-bond donors (Lipinski definition) is 6. The van der Waals surface area contributed by atoms with Gasteiger partial charge in [0.25, 0.3) is 5.56 Å². The summed E-state index contributed by atoms with van der Waals surface area (Å²) in [5.41, 5.74) is 4.15. The molecular formula is C30H34N6O4. The number of H-pyrrole nitrogens is 2. The number of piperidine rings is 1. The molecule has 0 radical (unpaired) electrons. The highest BCUT2D eigenvalue weighted by molar-refractivity contribution is 5.99. The minimum absolute atomic E-state index is 0.108. The molecule has 2 aromatic carbocycles. The van der Waals surface area contributed by atoms with Gasteiger partial charge in [0.05, 0.1) is 16.7 Å². The number of aryl methyl sites for hydroxylation is 2. The van der Waals surface area contributed by atoms with Crippen LogP contribution in [0.4, 0.5) is 5.69 Å². The number of fused-ring (bicyclic) bond motifs is 2. The third-order valence-electron chi connectivity index (χ3n) is 7.61. The summed E-state index contributed by atoms with van der Waals surface area (Å²) >= 11 is 0. The average molecular weight is 543 g/mol. The van der Waals surface area contributed by atoms with Crippen LogP contribution in [0, 0.1) is 13.8 Å². The van der Waals surface area contributed by atoms with Gasteiger partial charge in [0.1, 0.15) is 29.8 Å². The van der Waals surface area contributed by atoms with Crippen LogP contribution in [0.3, 0.4) is 0 Å². The molecule has 0 aliphatic carbocycles. The van der Waals surface area contributed by atoms with Gasteiger partial charge in [-0.15, -0.1) is 0 Å². The number of hydrogen-bond acceptors (Lipinski definition) is 7. The number of nitrogens with one attached hydrogen (secondary N) is 4. The van der Waals surface area contributed by atoms with Crippen LogP contribution in [-0.2, 0) is 0 Å². The van der Waals surface area contributed by atoms with E-state index in [4.69, 9.17) is 9.72 Å². The normalized spacial score (nSPS) is 15.1. The van der Waals surface area contributed by atoms with Gasteiger partial charge in [-0.2, -0.15) is 0 Å². The van der Waals surface area contributed by atoms with E-state index < -0.39 is 6.10 Å². The Morgan fingerprint density at radius 3 is 2.80 bits per heavy atom. The Labute approximate surface area is 231 Å². The number of benzene rings is 2. The van der Waals surface area contributed by atoms with Crippen molar-refractivity contribution in [2.75, 3.05) is 31.6 Å². The first-order valence-electron chi connectivity index (χ1n) is 13.7. The topological polar surface area (TPSA) is 140 Å². The summed E-state index contributed by atoms with van der Waals surface area (Å²) in [5.74, 6) is 1.37. The van der Waals surface area contributed by atoms with E-state index in [2.05, 4.69) is 20.6 Å². The SMILES string of the molecule is Cc1ccc(OCC(O)CNc2cc[nH]c(=O)c2-c2nc3cc4c(O)n(C5CCNCC5)cc4cc3[nH]2)c(C)c1. The molecule has 3 aromatic heterocycles. The van der Waals surface area contributed by atoms with E-state index in [1.54, 1.807) is 12.3 Å². The van der Waals surface area contributed by atoms with Gasteiger partial charge in [0.15, 0.2) is 5.88 Å². The summed E-state index contributed by atoms with van der Waals surface area (Å²) in [6, 6.07) is 11.7. The third-order valence-corrected chi connectivity index (χ3v) is 7.61. The second-order valence-corrected chi connectivity index (χ2v) is 10.6. The molecule has 0 amide bonds. The molecule has 1 atom stereocenters. The Hall–Kier alpha value is -4.28. The zero-order valence-electron chi connectivity index (χ0n) is 22.6. The highest BCUT2D eigenvalue weighted by atomic mass is 16.5. The Morgan fingerprint density at radius 2 is 2.00 bits per heavy atom. The van der Waals surface area contributed by atoms with Crippen LogP contribution in [0.2, 0.25) is 0 Å². The maximum absolute atomic E-state index is 12.9. The van der Waals surface area contributed by atoms with E-state index in [1.165, 1.54) is 0 Å². The van der Waals surface area contributed by atoms with Gasteiger partial charge in [-0.05, 0) is 69.6 Å². The molecule has 1 saturated heterocycles. The summed E-state index contributed by atoms with van der Waals surface area (Å²) < 4.78 is 7.77. The molecule has 1 fully saturated rings. The second-order valence-electron chi connectivity index (χ2n) is 10.6. The van der Waals surface area contributed by atoms with Gasteiger partial charge in [-0.25, -0.2) is 4.98 Å². The van der Waals surface area contributed by atoms with Gasteiger partial charge < -0.3 is 40.1 Å². The fraction of sp³-hybridized carbons (Fsp3) is 0.333. The first kappa shape index (κ1) is 26.0. The molecule has 0 bridgehead atoms. The fourth-order valence-corrected chi connectivity index (χ4v) is 5.50. The lowest BCUT2D eigenvalue weighted by atomic mass is 10.1. The van der Waals surface area contributed by atoms with Crippen molar-refractivity contribution in [1.29, 1.82) is 0 Å². The zero-order valence-corrected chi connectivity index (χ0v) is 22.6. The Bertz CT molecular complexity index is 1730. The quantitative estimate of drug-likeness (QED) is 0.174. The Balaban J connectivity index is 1.22. The van der Waals surface area contributed by atoms with E-state index in [-0.39, 0.29) is 30.6 Å². The molecule has 40 heavy (non-hydrogen) atoms. The highest BCUT2D eigenvalue weighted by Gasteiger charge is 2.21. The van der Waals surface area contributed by atoms with E-state index in [0.29, 0.717) is 22.6 Å². The number of aromatic hydroxyl groups is 1. The predicted octanol–water partition coefficient (Wildman–Crippen LogP) is 3.97. The van der Waals surface area contributed by atoms with Crippen LogP contribution in [0.1, 0.15) is 30.0 Å². The molecule has 4 heterocycles. The number of aliphatic hydroxyl groups is 1. The molecule has 0 saturated carbocycles. The van der Waals surface area contributed by atoms with Crippen molar-refractivity contribution in [3.63, 3.8) is 0 Å². The standard InChI is InChI=1S/C30H34N6O4/c1-17-3-4-26(18(2)11-17)40-16-21(37)14-33-23-7-10-32-29(38)27(23)28-34-24-12-19-15-36(20-5-8-31-9-6-20)30(39)22(19)13-25(24)35-28/h3-4,7,10-13,15,20-21,31,37,39H,5-6,8-9,14,16H2,1-2H3,(H,34,35)(H2,32,33,38). The van der Waals surface area contributed by atoms with Gasteiger partial charge in [0, 0.05) is 35.8 Å². The van der Waals surface area contributed by atoms with Crippen LogP contribution >= 0.6 is 0 Å². The van der Waals surface area contributed by atoms with Gasteiger partial charge >= 0.3 is 0 Å². The van der Waals surface area contributed by atoms with Crippen molar-refractivity contribution in [3.8, 4) is 23.0 Å². The number of ether oxygens (including phenoxy) is 1. The minimum atomic E-state index is -0.802. The van der Waals surface area contributed by atoms with Crippen molar-refractivity contribution < 1.29 is 14.9 Å². The van der Waals surface area contributed by atoms with Crippen molar-refractivity contribution in [1.82, 2.24) is 24.8 Å². The smallest absolute Gasteiger partial charge is 0.261 e. The van der Waals surface area contributed by atoms with Gasteiger partial charge in [-0.3, -0.25) is 4.79 Å². The molecule has 1 aliphatic heterocycles. The van der Waals surface area contributed by atoms with Crippen LogP contribution in [0.5, 0.6) is 11.6 Å². The highest BCUT2D eigenvalue weighted by Crippen LogP contribution is 2.36. The maximum Gasteiger partial charge on any atom is 0.261 e. The molecule has 6 rings (SSSR count). The van der Waals surface area contributed by atoms with Crippen molar-refractivity contribution in [2.24, 2.45) is 0 Å². The zero-order chi connectivity index (χ0) is 27.8. The van der Waals surface area contributed by atoms with E-state index in [1.807, 2.05) is 54.9 Å². The van der Waals surface area contributed by atoms with E-state index in [0.717, 1.165) is 59.1 Å². The molecule has 0 spiro atoms. The van der Waals surface area contributed by atoms with E-state index in [9.17, 15) is 15.0 Å². The molecule has 10 heteroatoms. The Morgan fingerprint density at radius 1 is 1.18 bits per heavy atom. The van der Waals surface area contributed by atoms with E-state index >= 15 is 0 Å². The fourth-order valence-electron chi connectivity index (χ4n) is 5.50. The van der Waals surface area contributed by atoms with Crippen molar-refractivity contribution in [3.05, 3.63) is 70.3 Å². The number of nitrogens with zero attached hydrogens (tertiary/aromatic N) is 2. The molecular weight excluding hydrogens is 508 g/mol. The molecule has 1 unspecified atom stereocenters. The van der Waals surface area contributed by atoms with Gasteiger partial charge in [-0.1, -0.05) is 17.7 Å². The molecule has 6 N–H and O–H groups in total. The van der Waals surface area contributed by atoms with Crippen LogP contribution in [-0.4, -0.2) is 62.1 Å². The summed E-state index contributed by atoms with van der Waals surface area (Å²) in [5, 5.41) is 29.7. The molecule has 10 nitrogen and oxygen atoms in total. The molecule has 1 aliphatic rings. The maximum atomic E-state index is 12.9. The first-order valence-corrected chi connectivity index (χ1v) is 13.7. The number of anilines is 1. The lowest BCUT2D eigenvalue weighted by molar-refractivity contribution is 0.117. The number of rotatable bonds is 8. The number of imidazole rings is 1. The monoisotopic (exact) mass is 542 g/mol. The summed E-state index contributed by atoms with van der Waals surface area (Å²) in [4.78, 5) is 23.6. The van der Waals surface area contributed by atoms with Crippen LogP contribution in [0.15, 0.2) is 53.6 Å². The van der Waals surface area contributed by atoms with Crippen molar-refractivity contribution in [2.45, 2.75) is 38.8 Å². The van der Waals surface area contributed by atoms with Crippen LogP contribution in [0.25, 0.3) is 33.2 Å². The summed E-state index contributed by atoms with van der Waals surface area (Å²) in [6.45, 7) is 6.15. The number of aromatic amines is 2. The number of aliphatic hydroxyl groups excluding tert-OH is 1. The molecule has 208 valence electrons. The molecule has 5 aromatic rings. The Kier molecular flexibility index (Phi) is 6.95. The minimum Gasteiger partial charge on any atom is -0.494 e.